The second-order valence-electron chi connectivity index (χ2n) is 4.53. The molecule has 2 aromatic heterocycles. The molecule has 3 N–H and O–H groups in total. The summed E-state index contributed by atoms with van der Waals surface area (Å²) in [6, 6.07) is 6.10. The van der Waals surface area contributed by atoms with Gasteiger partial charge in [0.2, 0.25) is 0 Å². The zero-order valence-corrected chi connectivity index (χ0v) is 9.19. The molecule has 3 rings (SSSR count). The fourth-order valence-electron chi connectivity index (χ4n) is 2.30. The quantitative estimate of drug-likeness (QED) is 0.820. The number of rotatable bonds is 3. The summed E-state index contributed by atoms with van der Waals surface area (Å²) in [5.41, 5.74) is 6.93. The van der Waals surface area contributed by atoms with Gasteiger partial charge in [-0.2, -0.15) is 0 Å². The third-order valence-corrected chi connectivity index (χ3v) is 3.52. The Labute approximate surface area is 94.5 Å². The van der Waals surface area contributed by atoms with Gasteiger partial charge in [0, 0.05) is 18.9 Å². The molecule has 1 aliphatic carbocycles. The summed E-state index contributed by atoms with van der Waals surface area (Å²) >= 11 is 0. The van der Waals surface area contributed by atoms with Gasteiger partial charge in [0.15, 0.2) is 0 Å². The van der Waals surface area contributed by atoms with Gasteiger partial charge in [0.25, 0.3) is 0 Å². The number of fused-ring (bicyclic) bond motifs is 1. The molecule has 0 atom stereocenters. The van der Waals surface area contributed by atoms with Crippen molar-refractivity contribution >= 4 is 11.5 Å². The van der Waals surface area contributed by atoms with Crippen molar-refractivity contribution in [1.82, 2.24) is 9.38 Å². The molecule has 0 spiro atoms. The van der Waals surface area contributed by atoms with Crippen molar-refractivity contribution in [2.45, 2.75) is 24.8 Å². The first-order valence-electron chi connectivity index (χ1n) is 5.73. The number of anilines is 1. The molecule has 1 aliphatic rings. The molecular formula is C12H16N4. The Hall–Kier alpha value is -1.55. The van der Waals surface area contributed by atoms with E-state index in [1.807, 2.05) is 24.5 Å². The number of imidazole rings is 1. The third-order valence-electron chi connectivity index (χ3n) is 3.52. The maximum absolute atomic E-state index is 5.85. The van der Waals surface area contributed by atoms with Gasteiger partial charge in [0.05, 0.1) is 5.54 Å². The van der Waals surface area contributed by atoms with Crippen molar-refractivity contribution < 1.29 is 0 Å². The first kappa shape index (κ1) is 9.66. The van der Waals surface area contributed by atoms with Crippen molar-refractivity contribution in [3.05, 3.63) is 30.6 Å². The summed E-state index contributed by atoms with van der Waals surface area (Å²) in [5, 5.41) is 3.57. The Bertz CT molecular complexity index is 493. The minimum atomic E-state index is 0.110. The van der Waals surface area contributed by atoms with E-state index in [0.29, 0.717) is 6.54 Å². The van der Waals surface area contributed by atoms with Crippen molar-refractivity contribution in [3.8, 4) is 0 Å². The van der Waals surface area contributed by atoms with Crippen molar-refractivity contribution in [3.63, 3.8) is 0 Å². The van der Waals surface area contributed by atoms with Crippen LogP contribution in [-0.2, 0) is 0 Å². The largest absolute Gasteiger partial charge is 0.364 e. The molecule has 0 unspecified atom stereocenters. The highest BCUT2D eigenvalue weighted by Gasteiger charge is 2.35. The van der Waals surface area contributed by atoms with Crippen LogP contribution >= 0.6 is 0 Å². The number of hydrogen-bond donors (Lipinski definition) is 2. The van der Waals surface area contributed by atoms with Crippen LogP contribution in [0.4, 0.5) is 5.82 Å². The standard InChI is InChI=1S/C12H16N4/c13-9-12(5-2-6-12)15-11-4-1-3-10-14-7-8-16(10)11/h1,3-4,7-8,15H,2,5-6,9,13H2. The number of aromatic nitrogens is 2. The predicted molar refractivity (Wildman–Crippen MR) is 64.5 cm³/mol. The zero-order valence-electron chi connectivity index (χ0n) is 9.19. The molecule has 0 amide bonds. The Balaban J connectivity index is 1.96. The Morgan fingerprint density at radius 1 is 1.44 bits per heavy atom. The molecule has 0 aliphatic heterocycles. The van der Waals surface area contributed by atoms with Crippen LogP contribution in [0.25, 0.3) is 5.65 Å². The lowest BCUT2D eigenvalue weighted by Gasteiger charge is -2.42. The number of pyridine rings is 1. The molecule has 2 aromatic rings. The average Bonchev–Trinajstić information content (AvgIpc) is 2.72. The van der Waals surface area contributed by atoms with Gasteiger partial charge in [-0.1, -0.05) is 6.07 Å². The topological polar surface area (TPSA) is 55.3 Å². The summed E-state index contributed by atoms with van der Waals surface area (Å²) in [4.78, 5) is 4.27. The maximum Gasteiger partial charge on any atom is 0.138 e. The van der Waals surface area contributed by atoms with E-state index in [-0.39, 0.29) is 5.54 Å². The number of hydrogen-bond acceptors (Lipinski definition) is 3. The van der Waals surface area contributed by atoms with E-state index in [4.69, 9.17) is 5.73 Å². The van der Waals surface area contributed by atoms with E-state index in [0.717, 1.165) is 24.3 Å². The first-order valence-corrected chi connectivity index (χ1v) is 5.73. The fourth-order valence-corrected chi connectivity index (χ4v) is 2.30. The van der Waals surface area contributed by atoms with Crippen LogP contribution in [0.1, 0.15) is 19.3 Å². The average molecular weight is 216 g/mol. The molecule has 1 saturated carbocycles. The second kappa shape index (κ2) is 3.49. The number of nitrogens with one attached hydrogen (secondary N) is 1. The third kappa shape index (κ3) is 1.38. The molecular weight excluding hydrogens is 200 g/mol. The highest BCUT2D eigenvalue weighted by atomic mass is 15.1. The molecule has 0 aromatic carbocycles. The van der Waals surface area contributed by atoms with E-state index in [1.165, 1.54) is 6.42 Å². The van der Waals surface area contributed by atoms with E-state index >= 15 is 0 Å². The monoisotopic (exact) mass is 216 g/mol. The van der Waals surface area contributed by atoms with Gasteiger partial charge in [-0.05, 0) is 31.4 Å². The minimum absolute atomic E-state index is 0.110. The van der Waals surface area contributed by atoms with Crippen LogP contribution in [0.3, 0.4) is 0 Å². The van der Waals surface area contributed by atoms with Gasteiger partial charge in [-0.3, -0.25) is 4.40 Å². The van der Waals surface area contributed by atoms with Crippen molar-refractivity contribution in [2.24, 2.45) is 5.73 Å². The normalized spacial score (nSPS) is 18.3. The molecule has 2 heterocycles. The molecule has 16 heavy (non-hydrogen) atoms. The highest BCUT2D eigenvalue weighted by Crippen LogP contribution is 2.34. The van der Waals surface area contributed by atoms with Gasteiger partial charge < -0.3 is 11.1 Å². The smallest absolute Gasteiger partial charge is 0.138 e. The van der Waals surface area contributed by atoms with Gasteiger partial charge in [-0.15, -0.1) is 0 Å². The van der Waals surface area contributed by atoms with E-state index < -0.39 is 0 Å². The van der Waals surface area contributed by atoms with Crippen LogP contribution in [0.5, 0.6) is 0 Å². The SMILES string of the molecule is NCC1(Nc2cccc3nccn23)CCC1. The summed E-state index contributed by atoms with van der Waals surface area (Å²) in [7, 11) is 0. The summed E-state index contributed by atoms with van der Waals surface area (Å²) in [6.45, 7) is 0.693. The second-order valence-corrected chi connectivity index (χ2v) is 4.53. The zero-order chi connectivity index (χ0) is 11.0. The van der Waals surface area contributed by atoms with Crippen molar-refractivity contribution in [1.29, 1.82) is 0 Å². The van der Waals surface area contributed by atoms with Crippen LogP contribution in [-0.4, -0.2) is 21.5 Å². The molecule has 0 bridgehead atoms. The Morgan fingerprint density at radius 2 is 2.31 bits per heavy atom. The molecule has 0 radical (unpaired) electrons. The first-order chi connectivity index (χ1) is 7.83. The van der Waals surface area contributed by atoms with Crippen LogP contribution in [0.15, 0.2) is 30.6 Å². The number of nitrogens with zero attached hydrogens (tertiary/aromatic N) is 2. The fraction of sp³-hybridized carbons (Fsp3) is 0.417. The lowest BCUT2D eigenvalue weighted by molar-refractivity contribution is 0.286. The predicted octanol–water partition coefficient (Wildman–Crippen LogP) is 1.63. The Morgan fingerprint density at radius 3 is 3.00 bits per heavy atom. The van der Waals surface area contributed by atoms with E-state index in [1.54, 1.807) is 0 Å². The lowest BCUT2D eigenvalue weighted by Crippen LogP contribution is -2.51. The van der Waals surface area contributed by atoms with Crippen LogP contribution < -0.4 is 11.1 Å². The molecule has 84 valence electrons. The van der Waals surface area contributed by atoms with E-state index in [9.17, 15) is 0 Å². The molecule has 4 nitrogen and oxygen atoms in total. The molecule has 4 heteroatoms. The Kier molecular flexibility index (Phi) is 2.11. The van der Waals surface area contributed by atoms with Crippen LogP contribution in [0, 0.1) is 0 Å². The minimum Gasteiger partial charge on any atom is -0.364 e. The summed E-state index contributed by atoms with van der Waals surface area (Å²) in [5.74, 6) is 1.08. The van der Waals surface area contributed by atoms with Crippen LogP contribution in [0.2, 0.25) is 0 Å². The van der Waals surface area contributed by atoms with Gasteiger partial charge in [0.1, 0.15) is 11.5 Å². The van der Waals surface area contributed by atoms with E-state index in [2.05, 4.69) is 20.8 Å². The summed E-state index contributed by atoms with van der Waals surface area (Å²) in [6.07, 6.45) is 7.38. The highest BCUT2D eigenvalue weighted by molar-refractivity contribution is 5.51. The molecule has 0 saturated heterocycles. The van der Waals surface area contributed by atoms with Gasteiger partial charge >= 0.3 is 0 Å². The maximum atomic E-state index is 5.85. The van der Waals surface area contributed by atoms with Crippen molar-refractivity contribution in [2.75, 3.05) is 11.9 Å². The molecule has 1 fully saturated rings. The summed E-state index contributed by atoms with van der Waals surface area (Å²) < 4.78 is 2.07. The lowest BCUT2D eigenvalue weighted by atomic mass is 9.77. The number of nitrogens with two attached hydrogens (primary N) is 1. The van der Waals surface area contributed by atoms with Gasteiger partial charge in [-0.25, -0.2) is 4.98 Å².